The highest BCUT2D eigenvalue weighted by Crippen LogP contribution is 2.10. The fourth-order valence-corrected chi connectivity index (χ4v) is 3.30. The van der Waals surface area contributed by atoms with Crippen LogP contribution in [-0.4, -0.2) is 67.7 Å². The third-order valence-electron chi connectivity index (χ3n) is 5.09. The molecule has 0 aromatic heterocycles. The zero-order valence-electron chi connectivity index (χ0n) is 17.5. The molecule has 1 aliphatic rings. The molecule has 2 aromatic carbocycles. The number of nitrogens with one attached hydrogen (secondary N) is 1. The smallest absolute Gasteiger partial charge is 0.337 e. The van der Waals surface area contributed by atoms with Crippen molar-refractivity contribution in [3.05, 3.63) is 70.8 Å². The van der Waals surface area contributed by atoms with E-state index in [9.17, 15) is 9.59 Å². The van der Waals surface area contributed by atoms with E-state index in [0.717, 1.165) is 38.3 Å². The Bertz CT molecular complexity index is 870. The van der Waals surface area contributed by atoms with Crippen LogP contribution in [0.2, 0.25) is 0 Å². The van der Waals surface area contributed by atoms with Gasteiger partial charge in [-0.15, -0.1) is 0 Å². The van der Waals surface area contributed by atoms with Crippen LogP contribution < -0.4 is 5.43 Å². The quantitative estimate of drug-likeness (QED) is 0.431. The van der Waals surface area contributed by atoms with E-state index in [1.165, 1.54) is 18.2 Å². The number of aryl methyl sites for hydroxylation is 1. The summed E-state index contributed by atoms with van der Waals surface area (Å²) >= 11 is 0. The van der Waals surface area contributed by atoms with Gasteiger partial charge in [0, 0.05) is 32.7 Å². The van der Waals surface area contributed by atoms with E-state index < -0.39 is 0 Å². The lowest BCUT2D eigenvalue weighted by molar-refractivity contribution is -0.122. The van der Waals surface area contributed by atoms with Crippen molar-refractivity contribution in [3.8, 4) is 0 Å². The number of esters is 1. The maximum atomic E-state index is 12.1. The van der Waals surface area contributed by atoms with Gasteiger partial charge in [-0.25, -0.2) is 10.2 Å². The standard InChI is InChI=1S/C23H28N4O3/c1-18-3-5-20(6-4-18)16-26-11-13-27(14-12-26)17-22(28)25-24-15-19-7-9-21(10-8-19)23(29)30-2/h3-10,15H,11-14,16-17H2,1-2H3,(H,25,28). The highest BCUT2D eigenvalue weighted by atomic mass is 16.5. The molecule has 0 radical (unpaired) electrons. The number of piperazine rings is 1. The minimum atomic E-state index is -0.384. The minimum Gasteiger partial charge on any atom is -0.465 e. The van der Waals surface area contributed by atoms with Gasteiger partial charge in [-0.3, -0.25) is 14.6 Å². The molecular formula is C23H28N4O3. The van der Waals surface area contributed by atoms with Crippen molar-refractivity contribution in [2.75, 3.05) is 39.8 Å². The van der Waals surface area contributed by atoms with Gasteiger partial charge in [0.25, 0.3) is 5.91 Å². The number of methoxy groups -OCH3 is 1. The van der Waals surface area contributed by atoms with Gasteiger partial charge in [-0.2, -0.15) is 5.10 Å². The number of carbonyl (C=O) groups excluding carboxylic acids is 2. The Morgan fingerprint density at radius 3 is 2.27 bits per heavy atom. The molecule has 3 rings (SSSR count). The topological polar surface area (TPSA) is 74.2 Å². The zero-order valence-corrected chi connectivity index (χ0v) is 17.5. The molecule has 0 spiro atoms. The summed E-state index contributed by atoms with van der Waals surface area (Å²) < 4.78 is 4.66. The summed E-state index contributed by atoms with van der Waals surface area (Å²) in [7, 11) is 1.34. The molecule has 0 saturated carbocycles. The Hall–Kier alpha value is -3.03. The van der Waals surface area contributed by atoms with Crippen molar-refractivity contribution in [3.63, 3.8) is 0 Å². The van der Waals surface area contributed by atoms with Gasteiger partial charge in [0.15, 0.2) is 0 Å². The number of carbonyl (C=O) groups is 2. The van der Waals surface area contributed by atoms with Crippen molar-refractivity contribution in [1.29, 1.82) is 0 Å². The van der Waals surface area contributed by atoms with Gasteiger partial charge in [-0.05, 0) is 30.2 Å². The number of amides is 1. The first-order valence-corrected chi connectivity index (χ1v) is 10.0. The highest BCUT2D eigenvalue weighted by Gasteiger charge is 2.18. The van der Waals surface area contributed by atoms with Gasteiger partial charge >= 0.3 is 5.97 Å². The summed E-state index contributed by atoms with van der Waals surface area (Å²) in [5, 5.41) is 4.00. The third-order valence-corrected chi connectivity index (χ3v) is 5.09. The summed E-state index contributed by atoms with van der Waals surface area (Å²) in [5.74, 6) is -0.518. The Labute approximate surface area is 177 Å². The van der Waals surface area contributed by atoms with E-state index in [-0.39, 0.29) is 11.9 Å². The molecule has 0 aliphatic carbocycles. The number of rotatable bonds is 7. The van der Waals surface area contributed by atoms with Crippen molar-refractivity contribution in [2.45, 2.75) is 13.5 Å². The van der Waals surface area contributed by atoms with E-state index >= 15 is 0 Å². The average molecular weight is 409 g/mol. The SMILES string of the molecule is COC(=O)c1ccc(C=NNC(=O)CN2CCN(Cc3ccc(C)cc3)CC2)cc1. The van der Waals surface area contributed by atoms with E-state index in [4.69, 9.17) is 0 Å². The van der Waals surface area contributed by atoms with Crippen LogP contribution in [0, 0.1) is 6.92 Å². The molecule has 1 N–H and O–H groups in total. The average Bonchev–Trinajstić information content (AvgIpc) is 2.76. The first-order valence-electron chi connectivity index (χ1n) is 10.0. The Morgan fingerprint density at radius 2 is 1.63 bits per heavy atom. The lowest BCUT2D eigenvalue weighted by atomic mass is 10.1. The van der Waals surface area contributed by atoms with Crippen LogP contribution in [0.3, 0.4) is 0 Å². The molecule has 0 atom stereocenters. The van der Waals surface area contributed by atoms with E-state index in [0.29, 0.717) is 12.1 Å². The summed E-state index contributed by atoms with van der Waals surface area (Å²) in [6, 6.07) is 15.4. The largest absolute Gasteiger partial charge is 0.465 e. The predicted octanol–water partition coefficient (Wildman–Crippen LogP) is 2.05. The normalized spacial score (nSPS) is 15.3. The van der Waals surface area contributed by atoms with E-state index in [1.54, 1.807) is 30.5 Å². The van der Waals surface area contributed by atoms with Gasteiger partial charge in [0.05, 0.1) is 25.4 Å². The molecule has 1 heterocycles. The number of hydrogen-bond donors (Lipinski definition) is 1. The second kappa shape index (κ2) is 10.7. The minimum absolute atomic E-state index is 0.135. The fraction of sp³-hybridized carbons (Fsp3) is 0.348. The lowest BCUT2D eigenvalue weighted by Gasteiger charge is -2.34. The molecular weight excluding hydrogens is 380 g/mol. The Morgan fingerprint density at radius 1 is 1.00 bits per heavy atom. The van der Waals surface area contributed by atoms with Crippen LogP contribution in [0.1, 0.15) is 27.0 Å². The maximum absolute atomic E-state index is 12.1. The number of nitrogens with zero attached hydrogens (tertiary/aromatic N) is 3. The van der Waals surface area contributed by atoms with Gasteiger partial charge in [0.2, 0.25) is 0 Å². The summed E-state index contributed by atoms with van der Waals surface area (Å²) in [5.41, 5.74) is 6.42. The van der Waals surface area contributed by atoms with E-state index in [1.807, 2.05) is 0 Å². The van der Waals surface area contributed by atoms with Crippen LogP contribution in [0.15, 0.2) is 53.6 Å². The maximum Gasteiger partial charge on any atom is 0.337 e. The molecule has 0 bridgehead atoms. The first-order chi connectivity index (χ1) is 14.5. The van der Waals surface area contributed by atoms with Crippen molar-refractivity contribution in [1.82, 2.24) is 15.2 Å². The van der Waals surface area contributed by atoms with Gasteiger partial charge in [-0.1, -0.05) is 42.0 Å². The molecule has 1 aliphatic heterocycles. The van der Waals surface area contributed by atoms with E-state index in [2.05, 4.69) is 56.3 Å². The third kappa shape index (κ3) is 6.50. The molecule has 1 saturated heterocycles. The van der Waals surface area contributed by atoms with Crippen molar-refractivity contribution in [2.24, 2.45) is 5.10 Å². The van der Waals surface area contributed by atoms with Crippen LogP contribution in [0.4, 0.5) is 0 Å². The predicted molar refractivity (Wildman–Crippen MR) is 116 cm³/mol. The van der Waals surface area contributed by atoms with Crippen LogP contribution >= 0.6 is 0 Å². The van der Waals surface area contributed by atoms with Crippen molar-refractivity contribution < 1.29 is 14.3 Å². The first kappa shape index (κ1) is 21.7. The fourth-order valence-electron chi connectivity index (χ4n) is 3.30. The molecule has 2 aromatic rings. The Balaban J connectivity index is 1.38. The van der Waals surface area contributed by atoms with Crippen LogP contribution in [0.5, 0.6) is 0 Å². The monoisotopic (exact) mass is 408 g/mol. The lowest BCUT2D eigenvalue weighted by Crippen LogP contribution is -2.48. The zero-order chi connectivity index (χ0) is 21.3. The molecule has 1 fully saturated rings. The summed E-state index contributed by atoms with van der Waals surface area (Å²) in [6.07, 6.45) is 1.55. The van der Waals surface area contributed by atoms with Crippen molar-refractivity contribution >= 4 is 18.1 Å². The summed E-state index contributed by atoms with van der Waals surface area (Å²) in [6.45, 7) is 6.97. The molecule has 7 nitrogen and oxygen atoms in total. The second-order valence-corrected chi connectivity index (χ2v) is 7.44. The molecule has 1 amide bonds. The highest BCUT2D eigenvalue weighted by molar-refractivity contribution is 5.90. The van der Waals surface area contributed by atoms with Crippen LogP contribution in [-0.2, 0) is 16.1 Å². The molecule has 30 heavy (non-hydrogen) atoms. The Kier molecular flexibility index (Phi) is 7.70. The summed E-state index contributed by atoms with van der Waals surface area (Å²) in [4.78, 5) is 28.1. The molecule has 7 heteroatoms. The van der Waals surface area contributed by atoms with Gasteiger partial charge < -0.3 is 4.74 Å². The second-order valence-electron chi connectivity index (χ2n) is 7.44. The number of hydrazone groups is 1. The number of hydrogen-bond acceptors (Lipinski definition) is 6. The van der Waals surface area contributed by atoms with Crippen LogP contribution in [0.25, 0.3) is 0 Å². The molecule has 158 valence electrons. The molecule has 0 unspecified atom stereocenters. The number of benzene rings is 2. The van der Waals surface area contributed by atoms with Gasteiger partial charge in [0.1, 0.15) is 0 Å². The number of ether oxygens (including phenoxy) is 1.